The number of nitrogens with one attached hydrogen (secondary N) is 1. The fourth-order valence-corrected chi connectivity index (χ4v) is 2.51. The predicted molar refractivity (Wildman–Crippen MR) is 97.7 cm³/mol. The number of amides is 1. The van der Waals surface area contributed by atoms with Crippen molar-refractivity contribution in [3.05, 3.63) is 52.5 Å². The zero-order valence-electron chi connectivity index (χ0n) is 14.8. The van der Waals surface area contributed by atoms with Gasteiger partial charge in [0.2, 0.25) is 0 Å². The number of methoxy groups -OCH3 is 2. The van der Waals surface area contributed by atoms with Crippen LogP contribution in [0.4, 0.5) is 0 Å². The van der Waals surface area contributed by atoms with Gasteiger partial charge in [0.15, 0.2) is 17.6 Å². The molecule has 2 aromatic rings. The fourth-order valence-electron chi connectivity index (χ4n) is 2.29. The van der Waals surface area contributed by atoms with Crippen LogP contribution in [0.15, 0.2) is 36.4 Å². The van der Waals surface area contributed by atoms with E-state index in [1.807, 2.05) is 31.2 Å². The summed E-state index contributed by atoms with van der Waals surface area (Å²) >= 11 is 6.23. The minimum Gasteiger partial charge on any atom is -0.493 e. The summed E-state index contributed by atoms with van der Waals surface area (Å²) in [5.74, 6) is 1.56. The molecule has 1 N–H and O–H groups in total. The minimum atomic E-state index is -0.625. The minimum absolute atomic E-state index is 0.228. The van der Waals surface area contributed by atoms with Gasteiger partial charge in [-0.2, -0.15) is 0 Å². The topological polar surface area (TPSA) is 56.8 Å². The van der Waals surface area contributed by atoms with Crippen molar-refractivity contribution in [2.45, 2.75) is 26.5 Å². The lowest BCUT2D eigenvalue weighted by Crippen LogP contribution is -2.36. The van der Waals surface area contributed by atoms with Crippen LogP contribution < -0.4 is 19.5 Å². The number of carbonyl (C=O) groups excluding carboxylic acids is 1. The average molecular weight is 364 g/mol. The van der Waals surface area contributed by atoms with Gasteiger partial charge >= 0.3 is 0 Å². The zero-order chi connectivity index (χ0) is 18.4. The molecule has 2 aromatic carbocycles. The summed E-state index contributed by atoms with van der Waals surface area (Å²) in [4.78, 5) is 12.3. The number of hydrogen-bond donors (Lipinski definition) is 1. The number of halogens is 1. The number of ether oxygens (including phenoxy) is 3. The quantitative estimate of drug-likeness (QED) is 0.814. The Balaban J connectivity index is 2.01. The number of carbonyl (C=O) groups is 1. The largest absolute Gasteiger partial charge is 0.493 e. The van der Waals surface area contributed by atoms with Gasteiger partial charge in [-0.15, -0.1) is 0 Å². The molecule has 1 unspecified atom stereocenters. The molecule has 2 rings (SSSR count). The second-order valence-corrected chi connectivity index (χ2v) is 5.95. The monoisotopic (exact) mass is 363 g/mol. The predicted octanol–water partition coefficient (Wildman–Crippen LogP) is 3.75. The van der Waals surface area contributed by atoms with Gasteiger partial charge < -0.3 is 19.5 Å². The van der Waals surface area contributed by atoms with Crippen molar-refractivity contribution < 1.29 is 19.0 Å². The van der Waals surface area contributed by atoms with E-state index >= 15 is 0 Å². The molecule has 1 atom stereocenters. The first-order chi connectivity index (χ1) is 12.0. The molecule has 134 valence electrons. The van der Waals surface area contributed by atoms with Crippen LogP contribution in [0.1, 0.15) is 18.1 Å². The zero-order valence-corrected chi connectivity index (χ0v) is 15.5. The molecule has 0 bridgehead atoms. The molecular formula is C19H22ClNO4. The van der Waals surface area contributed by atoms with Crippen molar-refractivity contribution in [1.29, 1.82) is 0 Å². The van der Waals surface area contributed by atoms with Crippen molar-refractivity contribution in [3.63, 3.8) is 0 Å². The van der Waals surface area contributed by atoms with Crippen molar-refractivity contribution in [2.24, 2.45) is 0 Å². The van der Waals surface area contributed by atoms with E-state index in [-0.39, 0.29) is 12.5 Å². The number of benzene rings is 2. The van der Waals surface area contributed by atoms with E-state index in [1.165, 1.54) is 0 Å². The number of rotatable bonds is 7. The van der Waals surface area contributed by atoms with Crippen LogP contribution in [0, 0.1) is 6.92 Å². The highest BCUT2D eigenvalue weighted by Gasteiger charge is 2.16. The Labute approximate surface area is 152 Å². The summed E-state index contributed by atoms with van der Waals surface area (Å²) in [6.07, 6.45) is -0.625. The Morgan fingerprint density at radius 2 is 1.76 bits per heavy atom. The van der Waals surface area contributed by atoms with Crippen LogP contribution in [0.25, 0.3) is 0 Å². The second-order valence-electron chi connectivity index (χ2n) is 5.54. The Bertz CT molecular complexity index is 748. The Morgan fingerprint density at radius 1 is 1.12 bits per heavy atom. The molecule has 0 saturated heterocycles. The van der Waals surface area contributed by atoms with Crippen molar-refractivity contribution in [3.8, 4) is 17.2 Å². The summed E-state index contributed by atoms with van der Waals surface area (Å²) in [6.45, 7) is 3.90. The molecule has 0 aliphatic carbocycles. The molecule has 25 heavy (non-hydrogen) atoms. The van der Waals surface area contributed by atoms with E-state index in [9.17, 15) is 4.79 Å². The molecule has 0 aromatic heterocycles. The number of aryl methyl sites for hydroxylation is 1. The van der Waals surface area contributed by atoms with Gasteiger partial charge in [-0.3, -0.25) is 4.79 Å². The van der Waals surface area contributed by atoms with Crippen LogP contribution in [0.3, 0.4) is 0 Å². The third-order valence-corrected chi connectivity index (χ3v) is 4.12. The Kier molecular flexibility index (Phi) is 6.53. The van der Waals surface area contributed by atoms with E-state index < -0.39 is 6.10 Å². The molecule has 0 heterocycles. The maximum atomic E-state index is 12.3. The van der Waals surface area contributed by atoms with E-state index in [2.05, 4.69) is 5.32 Å². The smallest absolute Gasteiger partial charge is 0.261 e. The first kappa shape index (κ1) is 18.9. The number of para-hydroxylation sites is 1. The molecule has 5 nitrogen and oxygen atoms in total. The maximum absolute atomic E-state index is 12.3. The normalized spacial score (nSPS) is 11.6. The molecule has 6 heteroatoms. The van der Waals surface area contributed by atoms with E-state index in [0.717, 1.165) is 11.1 Å². The van der Waals surface area contributed by atoms with Gasteiger partial charge in [0, 0.05) is 17.6 Å². The van der Waals surface area contributed by atoms with Crippen LogP contribution >= 0.6 is 11.6 Å². The third kappa shape index (κ3) is 4.79. The van der Waals surface area contributed by atoms with E-state index in [1.54, 1.807) is 33.3 Å². The van der Waals surface area contributed by atoms with Gasteiger partial charge in [0.05, 0.1) is 14.2 Å². The van der Waals surface area contributed by atoms with Crippen molar-refractivity contribution in [2.75, 3.05) is 14.2 Å². The second kappa shape index (κ2) is 8.62. The van der Waals surface area contributed by atoms with Crippen LogP contribution in [0.2, 0.25) is 5.02 Å². The standard InChI is InChI=1S/C19H22ClNO4/c1-12-7-5-6-8-16(12)25-13(2)19(22)21-11-14-9-17(23-3)18(24-4)10-15(14)20/h5-10,13H,11H2,1-4H3,(H,21,22). The molecule has 1 amide bonds. The van der Waals surface area contributed by atoms with Crippen LogP contribution in [0.5, 0.6) is 17.2 Å². The molecule has 0 saturated carbocycles. The molecule has 0 spiro atoms. The number of hydrogen-bond acceptors (Lipinski definition) is 4. The Hall–Kier alpha value is -2.40. The SMILES string of the molecule is COc1cc(Cl)c(CNC(=O)C(C)Oc2ccccc2C)cc1OC. The molecule has 0 aliphatic rings. The summed E-state index contributed by atoms with van der Waals surface area (Å²) in [5.41, 5.74) is 1.71. The van der Waals surface area contributed by atoms with Crippen LogP contribution in [-0.4, -0.2) is 26.2 Å². The highest BCUT2D eigenvalue weighted by atomic mass is 35.5. The lowest BCUT2D eigenvalue weighted by Gasteiger charge is -2.17. The molecule has 0 aliphatic heterocycles. The van der Waals surface area contributed by atoms with Gasteiger partial charge in [0.1, 0.15) is 5.75 Å². The fraction of sp³-hybridized carbons (Fsp3) is 0.316. The summed E-state index contributed by atoms with van der Waals surface area (Å²) in [7, 11) is 3.09. The molecule has 0 radical (unpaired) electrons. The lowest BCUT2D eigenvalue weighted by molar-refractivity contribution is -0.127. The summed E-state index contributed by atoms with van der Waals surface area (Å²) < 4.78 is 16.2. The highest BCUT2D eigenvalue weighted by Crippen LogP contribution is 2.33. The van der Waals surface area contributed by atoms with Crippen LogP contribution in [-0.2, 0) is 11.3 Å². The summed E-state index contributed by atoms with van der Waals surface area (Å²) in [5, 5.41) is 3.31. The first-order valence-electron chi connectivity index (χ1n) is 7.86. The van der Waals surface area contributed by atoms with E-state index in [0.29, 0.717) is 22.3 Å². The summed E-state index contributed by atoms with van der Waals surface area (Å²) in [6, 6.07) is 11.0. The van der Waals surface area contributed by atoms with E-state index in [4.69, 9.17) is 25.8 Å². The molecular weight excluding hydrogens is 342 g/mol. The van der Waals surface area contributed by atoms with Gasteiger partial charge in [-0.05, 0) is 37.1 Å². The molecule has 0 fully saturated rings. The van der Waals surface area contributed by atoms with Gasteiger partial charge in [-0.1, -0.05) is 29.8 Å². The first-order valence-corrected chi connectivity index (χ1v) is 8.24. The van der Waals surface area contributed by atoms with Gasteiger partial charge in [-0.25, -0.2) is 0 Å². The lowest BCUT2D eigenvalue weighted by atomic mass is 10.2. The maximum Gasteiger partial charge on any atom is 0.261 e. The van der Waals surface area contributed by atoms with Crippen molar-refractivity contribution in [1.82, 2.24) is 5.32 Å². The third-order valence-electron chi connectivity index (χ3n) is 3.77. The Morgan fingerprint density at radius 3 is 2.40 bits per heavy atom. The van der Waals surface area contributed by atoms with Gasteiger partial charge in [0.25, 0.3) is 5.91 Å². The highest BCUT2D eigenvalue weighted by molar-refractivity contribution is 6.31. The van der Waals surface area contributed by atoms with Crippen molar-refractivity contribution >= 4 is 17.5 Å². The average Bonchev–Trinajstić information content (AvgIpc) is 2.61.